The number of hydrogen-bond donors (Lipinski definition) is 2. The molecule has 1 saturated heterocycles. The minimum absolute atomic E-state index is 0.173. The molecule has 160 valence electrons. The van der Waals surface area contributed by atoms with Crippen molar-refractivity contribution in [1.82, 2.24) is 10.2 Å². The van der Waals surface area contributed by atoms with E-state index in [1.807, 2.05) is 18.2 Å². The Balaban J connectivity index is 1.56. The molecule has 0 aromatic heterocycles. The van der Waals surface area contributed by atoms with Gasteiger partial charge in [-0.2, -0.15) is 0 Å². The van der Waals surface area contributed by atoms with Gasteiger partial charge in [-0.3, -0.25) is 9.69 Å². The zero-order valence-electron chi connectivity index (χ0n) is 18.1. The molecule has 1 heterocycles. The van der Waals surface area contributed by atoms with Crippen LogP contribution in [-0.2, 0) is 5.54 Å². The number of primary amides is 1. The highest BCUT2D eigenvalue weighted by Crippen LogP contribution is 2.41. The van der Waals surface area contributed by atoms with Crippen LogP contribution < -0.4 is 11.1 Å². The number of piperidine rings is 1. The van der Waals surface area contributed by atoms with E-state index in [-0.39, 0.29) is 11.4 Å². The van der Waals surface area contributed by atoms with Crippen molar-refractivity contribution in [3.05, 3.63) is 71.3 Å². The normalized spacial score (nSPS) is 24.4. The molecule has 30 heavy (non-hydrogen) atoms. The first-order valence-corrected chi connectivity index (χ1v) is 11.6. The fourth-order valence-electron chi connectivity index (χ4n) is 5.87. The fourth-order valence-corrected chi connectivity index (χ4v) is 5.87. The van der Waals surface area contributed by atoms with Gasteiger partial charge in [-0.1, -0.05) is 68.3 Å². The van der Waals surface area contributed by atoms with Gasteiger partial charge in [0.05, 0.1) is 0 Å². The first-order chi connectivity index (χ1) is 14.6. The summed E-state index contributed by atoms with van der Waals surface area (Å²) in [6.45, 7) is 5.12. The van der Waals surface area contributed by atoms with Crippen LogP contribution >= 0.6 is 0 Å². The summed E-state index contributed by atoms with van der Waals surface area (Å²) in [7, 11) is 0. The van der Waals surface area contributed by atoms with E-state index < -0.39 is 0 Å². The van der Waals surface area contributed by atoms with E-state index in [2.05, 4.69) is 53.5 Å². The van der Waals surface area contributed by atoms with Crippen molar-refractivity contribution in [3.8, 4) is 0 Å². The predicted octanol–water partition coefficient (Wildman–Crippen LogP) is 4.41. The molecular weight excluding hydrogens is 370 g/mol. The molecule has 2 atom stereocenters. The van der Waals surface area contributed by atoms with Gasteiger partial charge in [-0.15, -0.1) is 0 Å². The second-order valence-electron chi connectivity index (χ2n) is 8.93. The summed E-state index contributed by atoms with van der Waals surface area (Å²) in [6, 6.07) is 19.6. The molecule has 4 heteroatoms. The van der Waals surface area contributed by atoms with E-state index in [0.29, 0.717) is 17.5 Å². The summed E-state index contributed by atoms with van der Waals surface area (Å²) < 4.78 is 0. The first-order valence-electron chi connectivity index (χ1n) is 11.6. The van der Waals surface area contributed by atoms with Crippen molar-refractivity contribution in [2.45, 2.75) is 62.9 Å². The summed E-state index contributed by atoms with van der Waals surface area (Å²) in [5.41, 5.74) is 8.77. The predicted molar refractivity (Wildman–Crippen MR) is 123 cm³/mol. The maximum absolute atomic E-state index is 12.1. The van der Waals surface area contributed by atoms with Gasteiger partial charge in [0, 0.05) is 30.2 Å². The van der Waals surface area contributed by atoms with E-state index in [9.17, 15) is 4.79 Å². The van der Waals surface area contributed by atoms with Crippen molar-refractivity contribution in [1.29, 1.82) is 0 Å². The third-order valence-corrected chi connectivity index (χ3v) is 7.30. The minimum Gasteiger partial charge on any atom is -0.366 e. The largest absolute Gasteiger partial charge is 0.366 e. The number of nitrogens with two attached hydrogens (primary N) is 1. The Morgan fingerprint density at radius 1 is 1.03 bits per heavy atom. The highest BCUT2D eigenvalue weighted by atomic mass is 16.1. The highest BCUT2D eigenvalue weighted by Gasteiger charge is 2.41. The summed E-state index contributed by atoms with van der Waals surface area (Å²) in [5.74, 6) is 0.297. The summed E-state index contributed by atoms with van der Waals surface area (Å²) in [5, 5.41) is 3.74. The number of nitrogens with one attached hydrogen (secondary N) is 1. The summed E-state index contributed by atoms with van der Waals surface area (Å²) >= 11 is 0. The third-order valence-electron chi connectivity index (χ3n) is 7.30. The quantitative estimate of drug-likeness (QED) is 0.748. The lowest BCUT2D eigenvalue weighted by atomic mass is 9.75. The molecule has 4 nitrogen and oxygen atoms in total. The third kappa shape index (κ3) is 4.17. The Morgan fingerprint density at radius 3 is 2.40 bits per heavy atom. The fraction of sp³-hybridized carbons (Fsp3) is 0.500. The number of benzene rings is 2. The van der Waals surface area contributed by atoms with Crippen molar-refractivity contribution < 1.29 is 4.79 Å². The zero-order chi connectivity index (χ0) is 21.0. The van der Waals surface area contributed by atoms with Gasteiger partial charge >= 0.3 is 0 Å². The number of carbonyl (C=O) groups is 1. The second-order valence-corrected chi connectivity index (χ2v) is 8.93. The van der Waals surface area contributed by atoms with Crippen molar-refractivity contribution in [2.24, 2.45) is 5.73 Å². The van der Waals surface area contributed by atoms with E-state index in [0.717, 1.165) is 38.0 Å². The van der Waals surface area contributed by atoms with Gasteiger partial charge < -0.3 is 11.1 Å². The van der Waals surface area contributed by atoms with E-state index in [4.69, 9.17) is 5.73 Å². The maximum Gasteiger partial charge on any atom is 0.249 e. The van der Waals surface area contributed by atoms with Crippen LogP contribution in [0.2, 0.25) is 0 Å². The Labute approximate surface area is 180 Å². The van der Waals surface area contributed by atoms with Crippen LogP contribution in [0, 0.1) is 0 Å². The molecule has 2 unspecified atom stereocenters. The molecule has 2 aromatic carbocycles. The number of amides is 1. The Morgan fingerprint density at radius 2 is 1.70 bits per heavy atom. The van der Waals surface area contributed by atoms with Gasteiger partial charge in [0.2, 0.25) is 5.91 Å². The van der Waals surface area contributed by atoms with Crippen LogP contribution in [0.5, 0.6) is 0 Å². The van der Waals surface area contributed by atoms with E-state index >= 15 is 0 Å². The lowest BCUT2D eigenvalue weighted by Gasteiger charge is -2.48. The Kier molecular flexibility index (Phi) is 6.55. The maximum atomic E-state index is 12.1. The van der Waals surface area contributed by atoms with Crippen LogP contribution in [0.25, 0.3) is 0 Å². The van der Waals surface area contributed by atoms with Crippen LogP contribution in [0.4, 0.5) is 0 Å². The van der Waals surface area contributed by atoms with Gasteiger partial charge in [0.1, 0.15) is 0 Å². The molecule has 2 aromatic rings. The van der Waals surface area contributed by atoms with Crippen LogP contribution in [0.15, 0.2) is 54.6 Å². The average molecular weight is 406 g/mol. The van der Waals surface area contributed by atoms with Gasteiger partial charge in [-0.05, 0) is 55.3 Å². The van der Waals surface area contributed by atoms with Crippen molar-refractivity contribution >= 4 is 5.91 Å². The van der Waals surface area contributed by atoms with E-state index in [1.165, 1.54) is 31.2 Å². The highest BCUT2D eigenvalue weighted by molar-refractivity contribution is 5.94. The Hall–Kier alpha value is -2.17. The van der Waals surface area contributed by atoms with Gasteiger partial charge in [-0.25, -0.2) is 0 Å². The van der Waals surface area contributed by atoms with E-state index in [1.54, 1.807) is 0 Å². The molecule has 1 aliphatic carbocycles. The van der Waals surface area contributed by atoms with Crippen LogP contribution in [-0.4, -0.2) is 36.5 Å². The molecule has 1 saturated carbocycles. The van der Waals surface area contributed by atoms with Crippen LogP contribution in [0.1, 0.15) is 72.9 Å². The average Bonchev–Trinajstić information content (AvgIpc) is 2.80. The number of likely N-dealkylation sites (tertiary alicyclic amines) is 1. The molecule has 2 fully saturated rings. The minimum atomic E-state index is -0.332. The van der Waals surface area contributed by atoms with Crippen LogP contribution in [0.3, 0.4) is 0 Å². The number of rotatable bonds is 6. The molecular formula is C26H35N3O. The standard InChI is InChI=1S/C26H35N3O/c1-2-28-26(23-14-8-6-13-22(23)25(27)30)16-18-29(19-17-26)24-15-9-7-12-21(24)20-10-4-3-5-11-20/h3-6,8,10-11,13-14,21,24,28H,2,7,9,12,15-19H2,1H3,(H2,27,30). The lowest BCUT2D eigenvalue weighted by Crippen LogP contribution is -2.55. The summed E-state index contributed by atoms with van der Waals surface area (Å²) in [6.07, 6.45) is 7.23. The lowest BCUT2D eigenvalue weighted by molar-refractivity contribution is 0.0678. The number of carbonyl (C=O) groups excluding carboxylic acids is 1. The monoisotopic (exact) mass is 405 g/mol. The molecule has 0 bridgehead atoms. The molecule has 1 aliphatic heterocycles. The molecule has 2 aliphatic rings. The summed E-state index contributed by atoms with van der Waals surface area (Å²) in [4.78, 5) is 14.8. The number of hydrogen-bond acceptors (Lipinski definition) is 3. The Bertz CT molecular complexity index is 842. The molecule has 0 radical (unpaired) electrons. The topological polar surface area (TPSA) is 58.4 Å². The van der Waals surface area contributed by atoms with Gasteiger partial charge in [0.25, 0.3) is 0 Å². The molecule has 0 spiro atoms. The van der Waals surface area contributed by atoms with Crippen molar-refractivity contribution in [3.63, 3.8) is 0 Å². The molecule has 1 amide bonds. The zero-order valence-corrected chi connectivity index (χ0v) is 18.1. The molecule has 3 N–H and O–H groups in total. The smallest absolute Gasteiger partial charge is 0.249 e. The molecule has 4 rings (SSSR count). The SMILES string of the molecule is CCNC1(c2ccccc2C(N)=O)CCN(C2CCCCC2c2ccccc2)CC1. The van der Waals surface area contributed by atoms with Gasteiger partial charge in [0.15, 0.2) is 0 Å². The first kappa shape index (κ1) is 21.1. The second kappa shape index (κ2) is 9.32. The number of nitrogens with zero attached hydrogens (tertiary/aromatic N) is 1. The van der Waals surface area contributed by atoms with Crippen molar-refractivity contribution in [2.75, 3.05) is 19.6 Å².